The third-order valence-electron chi connectivity index (χ3n) is 2.11. The maximum absolute atomic E-state index is 5.66. The first kappa shape index (κ1) is 8.93. The van der Waals surface area contributed by atoms with Crippen LogP contribution in [0.25, 0.3) is 0 Å². The molecule has 13 heavy (non-hydrogen) atoms. The Balaban J connectivity index is 2.50. The van der Waals surface area contributed by atoms with E-state index in [9.17, 15) is 0 Å². The fourth-order valence-corrected chi connectivity index (χ4v) is 4.68. The van der Waals surface area contributed by atoms with Gasteiger partial charge in [0.1, 0.15) is 0 Å². The zero-order chi connectivity index (χ0) is 9.31. The summed E-state index contributed by atoms with van der Waals surface area (Å²) in [5, 5.41) is 1.29. The molecule has 1 atom stereocenters. The Labute approximate surface area is 84.0 Å². The van der Waals surface area contributed by atoms with Crippen molar-refractivity contribution in [3.8, 4) is 0 Å². The Morgan fingerprint density at radius 1 is 1.15 bits per heavy atom. The Morgan fingerprint density at radius 2 is 1.85 bits per heavy atom. The van der Waals surface area contributed by atoms with Crippen molar-refractivity contribution in [2.45, 2.75) is 6.92 Å². The first-order valence-electron chi connectivity index (χ1n) is 4.24. The molecule has 1 aliphatic rings. The molecule has 0 aromatic heterocycles. The van der Waals surface area contributed by atoms with Crippen molar-refractivity contribution >= 4 is 23.1 Å². The van der Waals surface area contributed by atoms with Crippen molar-refractivity contribution in [2.24, 2.45) is 0 Å². The highest BCUT2D eigenvalue weighted by atomic mass is 32.4. The van der Waals surface area contributed by atoms with Crippen LogP contribution in [0.5, 0.6) is 0 Å². The Morgan fingerprint density at radius 3 is 2.38 bits per heavy atom. The van der Waals surface area contributed by atoms with E-state index in [1.54, 1.807) is 0 Å². The normalized spacial score (nSPS) is 26.1. The van der Waals surface area contributed by atoms with Crippen molar-refractivity contribution in [1.82, 2.24) is 0 Å². The van der Waals surface area contributed by atoms with Crippen molar-refractivity contribution in [1.29, 1.82) is 0 Å². The molecule has 1 heterocycles. The minimum absolute atomic E-state index is 1.29. The minimum Gasteiger partial charge on any atom is -0.0838 e. The molecule has 1 unspecified atom stereocenters. The highest BCUT2D eigenvalue weighted by Gasteiger charge is 2.16. The fourth-order valence-electron chi connectivity index (χ4n) is 1.44. The van der Waals surface area contributed by atoms with E-state index in [-0.39, 0.29) is 0 Å². The van der Waals surface area contributed by atoms with Gasteiger partial charge in [0, 0.05) is 6.04 Å². The van der Waals surface area contributed by atoms with E-state index in [2.05, 4.69) is 48.9 Å². The van der Waals surface area contributed by atoms with Gasteiger partial charge in [-0.2, -0.15) is 0 Å². The maximum Gasteiger partial charge on any atom is 0.0244 e. The monoisotopic (exact) mass is 206 g/mol. The number of hydrogen-bond donors (Lipinski definition) is 0. The van der Waals surface area contributed by atoms with E-state index in [0.717, 1.165) is 0 Å². The van der Waals surface area contributed by atoms with E-state index in [1.807, 2.05) is 6.07 Å². The van der Waals surface area contributed by atoms with Gasteiger partial charge in [-0.3, -0.25) is 0 Å². The number of benzene rings is 1. The average molecular weight is 206 g/mol. The van der Waals surface area contributed by atoms with Crippen LogP contribution < -0.4 is 5.30 Å². The van der Waals surface area contributed by atoms with Crippen LogP contribution in [0.15, 0.2) is 53.6 Å². The van der Waals surface area contributed by atoms with Gasteiger partial charge in [0.25, 0.3) is 0 Å². The van der Waals surface area contributed by atoms with Crippen LogP contribution in [-0.4, -0.2) is 0 Å². The fraction of sp³-hybridized carbons (Fsp3) is 0.0909. The van der Waals surface area contributed by atoms with Crippen LogP contribution >= 0.6 is 6.04 Å². The summed E-state index contributed by atoms with van der Waals surface area (Å²) in [5.41, 5.74) is 1.30. The number of rotatable bonds is 1. The lowest BCUT2D eigenvalue weighted by atomic mass is 10.4. The maximum atomic E-state index is 5.66. The largest absolute Gasteiger partial charge is 0.0838 e. The van der Waals surface area contributed by atoms with Gasteiger partial charge in [-0.15, -0.1) is 0 Å². The molecule has 1 aromatic carbocycles. The second-order valence-corrected chi connectivity index (χ2v) is 7.54. The molecule has 1 aliphatic heterocycles. The van der Waals surface area contributed by atoms with Crippen LogP contribution in [0, 0.1) is 0 Å². The molecular formula is C11H11PS. The second-order valence-electron chi connectivity index (χ2n) is 3.23. The van der Waals surface area contributed by atoms with Crippen molar-refractivity contribution in [3.05, 3.63) is 53.6 Å². The van der Waals surface area contributed by atoms with Gasteiger partial charge in [-0.1, -0.05) is 48.2 Å². The number of hydrogen-bond acceptors (Lipinski definition) is 1. The predicted molar refractivity (Wildman–Crippen MR) is 63.3 cm³/mol. The average Bonchev–Trinajstić information content (AvgIpc) is 2.49. The third-order valence-corrected chi connectivity index (χ3v) is 5.92. The molecule has 0 nitrogen and oxygen atoms in total. The molecule has 2 rings (SSSR count). The van der Waals surface area contributed by atoms with Gasteiger partial charge in [0.05, 0.1) is 0 Å². The summed E-state index contributed by atoms with van der Waals surface area (Å²) in [5.74, 6) is 4.42. The van der Waals surface area contributed by atoms with E-state index < -0.39 is 6.04 Å². The van der Waals surface area contributed by atoms with E-state index >= 15 is 0 Å². The summed E-state index contributed by atoms with van der Waals surface area (Å²) >= 11 is 5.66. The van der Waals surface area contributed by atoms with E-state index in [4.69, 9.17) is 11.8 Å². The van der Waals surface area contributed by atoms with Gasteiger partial charge in [-0.05, 0) is 29.4 Å². The number of allylic oxidation sites excluding steroid dienone is 2. The first-order chi connectivity index (χ1) is 6.21. The molecule has 0 spiro atoms. The Hall–Kier alpha value is -0.650. The van der Waals surface area contributed by atoms with Crippen LogP contribution in [0.1, 0.15) is 6.92 Å². The molecule has 2 heteroatoms. The molecule has 0 saturated carbocycles. The molecule has 0 saturated heterocycles. The molecular weight excluding hydrogens is 195 g/mol. The molecule has 1 aromatic rings. The summed E-state index contributed by atoms with van der Waals surface area (Å²) < 4.78 is 0. The predicted octanol–water partition coefficient (Wildman–Crippen LogP) is 3.22. The molecule has 0 aliphatic carbocycles. The third kappa shape index (κ3) is 1.67. The Kier molecular flexibility index (Phi) is 2.23. The van der Waals surface area contributed by atoms with Gasteiger partial charge in [-0.25, -0.2) is 0 Å². The van der Waals surface area contributed by atoms with Crippen LogP contribution in [-0.2, 0) is 11.8 Å². The summed E-state index contributed by atoms with van der Waals surface area (Å²) in [7, 11) is 0. The smallest absolute Gasteiger partial charge is 0.0244 e. The lowest BCUT2D eigenvalue weighted by Gasteiger charge is -2.10. The SMILES string of the molecule is CC1=CP(=S)(c2ccccc2)C=C1. The summed E-state index contributed by atoms with van der Waals surface area (Å²) in [4.78, 5) is 0. The summed E-state index contributed by atoms with van der Waals surface area (Å²) in [6.45, 7) is 2.10. The molecule has 0 fully saturated rings. The van der Waals surface area contributed by atoms with Crippen LogP contribution in [0.2, 0.25) is 0 Å². The van der Waals surface area contributed by atoms with Crippen molar-refractivity contribution in [3.63, 3.8) is 0 Å². The first-order valence-corrected chi connectivity index (χ1v) is 7.18. The van der Waals surface area contributed by atoms with Crippen LogP contribution in [0.3, 0.4) is 0 Å². The molecule has 0 N–H and O–H groups in total. The van der Waals surface area contributed by atoms with Gasteiger partial charge in [0.2, 0.25) is 0 Å². The zero-order valence-corrected chi connectivity index (χ0v) is 9.19. The topological polar surface area (TPSA) is 0 Å². The molecule has 0 bridgehead atoms. The highest BCUT2D eigenvalue weighted by Crippen LogP contribution is 2.52. The Bertz CT molecular complexity index is 415. The minimum atomic E-state index is -1.49. The quantitative estimate of drug-likeness (QED) is 0.636. The molecule has 0 radical (unpaired) electrons. The standard InChI is InChI=1S/C11H11PS/c1-10-7-8-12(13,9-10)11-5-3-2-4-6-11/h2-9H,1H3. The summed E-state index contributed by atoms with van der Waals surface area (Å²) in [6, 6.07) is 8.90. The van der Waals surface area contributed by atoms with E-state index in [1.165, 1.54) is 10.9 Å². The lowest BCUT2D eigenvalue weighted by molar-refractivity contribution is 1.58. The summed E-state index contributed by atoms with van der Waals surface area (Å²) in [6.07, 6.45) is 2.13. The van der Waals surface area contributed by atoms with Crippen molar-refractivity contribution in [2.75, 3.05) is 0 Å². The highest BCUT2D eigenvalue weighted by molar-refractivity contribution is 8.21. The lowest BCUT2D eigenvalue weighted by Crippen LogP contribution is -1.97. The van der Waals surface area contributed by atoms with Crippen molar-refractivity contribution < 1.29 is 0 Å². The molecule has 0 amide bonds. The van der Waals surface area contributed by atoms with Crippen LogP contribution in [0.4, 0.5) is 0 Å². The van der Waals surface area contributed by atoms with Gasteiger partial charge < -0.3 is 0 Å². The zero-order valence-electron chi connectivity index (χ0n) is 7.47. The van der Waals surface area contributed by atoms with Gasteiger partial charge in [0.15, 0.2) is 0 Å². The second kappa shape index (κ2) is 3.25. The molecule has 66 valence electrons. The van der Waals surface area contributed by atoms with E-state index in [0.29, 0.717) is 0 Å². The van der Waals surface area contributed by atoms with Gasteiger partial charge >= 0.3 is 0 Å².